The molecule has 238 valence electrons. The Morgan fingerprint density at radius 2 is 1.60 bits per heavy atom. The minimum atomic E-state index is -4.79. The fraction of sp³-hybridized carbons (Fsp3) is 0.438. The lowest BCUT2D eigenvalue weighted by Gasteiger charge is -2.31. The normalized spacial score (nSPS) is 21.6. The number of carbonyl (C=O) groups excluding carboxylic acids is 3. The van der Waals surface area contributed by atoms with Crippen LogP contribution in [0.5, 0.6) is 0 Å². The molecule has 0 saturated carbocycles. The fourth-order valence-corrected chi connectivity index (χ4v) is 9.39. The molecule has 0 N–H and O–H groups in total. The highest BCUT2D eigenvalue weighted by Gasteiger charge is 2.57. The summed E-state index contributed by atoms with van der Waals surface area (Å²) in [4.78, 5) is 59.5. The zero-order chi connectivity index (χ0) is 32.0. The minimum absolute atomic E-state index is 0.199. The Morgan fingerprint density at radius 3 is 2.24 bits per heavy atom. The van der Waals surface area contributed by atoms with Crippen molar-refractivity contribution in [3.8, 4) is 0 Å². The van der Waals surface area contributed by atoms with Crippen molar-refractivity contribution in [1.82, 2.24) is 9.47 Å². The number of benzene rings is 2. The summed E-state index contributed by atoms with van der Waals surface area (Å²) in [6.07, 6.45) is -1.97. The van der Waals surface area contributed by atoms with Crippen molar-refractivity contribution in [3.05, 3.63) is 74.2 Å². The van der Waals surface area contributed by atoms with E-state index in [2.05, 4.69) is 4.90 Å². The number of nitrogens with zero attached hydrogens (tertiary/aromatic N) is 4. The van der Waals surface area contributed by atoms with Crippen LogP contribution in [0.4, 0.5) is 24.5 Å². The van der Waals surface area contributed by atoms with E-state index < -0.39 is 46.3 Å². The van der Waals surface area contributed by atoms with Crippen molar-refractivity contribution in [2.24, 2.45) is 5.92 Å². The number of fused-ring (bicyclic) bond motifs is 2. The number of thiazole rings is 1. The standard InChI is InChI=1S/C32H33F3N4O4S2/c1-3-36(4-2)20-14-12-19(13-15-20)24-25-26(29(42)39(28(25)41)22-11-7-6-10-21(22)32(33,34)35)44-30-27(24)45-31(43)38(30)18-23(40)37-16-8-5-9-17-37/h6-7,10-15,24-26H,3-5,8-9,16-18H2,1-2H3/t24-,25?,26?/m1/s1. The number of likely N-dealkylation sites (tertiary alicyclic amines) is 1. The van der Waals surface area contributed by atoms with E-state index in [0.717, 1.165) is 73.3 Å². The first-order valence-corrected chi connectivity index (χ1v) is 16.8. The highest BCUT2D eigenvalue weighted by molar-refractivity contribution is 8.00. The van der Waals surface area contributed by atoms with Gasteiger partial charge in [0.25, 0.3) is 0 Å². The number of anilines is 2. The zero-order valence-corrected chi connectivity index (χ0v) is 26.5. The Kier molecular flexibility index (Phi) is 8.59. The molecule has 3 atom stereocenters. The molecule has 0 bridgehead atoms. The molecule has 0 spiro atoms. The highest BCUT2D eigenvalue weighted by atomic mass is 32.2. The highest BCUT2D eigenvalue weighted by Crippen LogP contribution is 2.54. The van der Waals surface area contributed by atoms with Gasteiger partial charge in [-0.25, -0.2) is 4.90 Å². The van der Waals surface area contributed by atoms with Crippen LogP contribution in [0.1, 0.15) is 55.0 Å². The molecule has 0 aliphatic carbocycles. The summed E-state index contributed by atoms with van der Waals surface area (Å²) in [5.74, 6) is -3.51. The molecule has 3 aliphatic rings. The van der Waals surface area contributed by atoms with Crippen molar-refractivity contribution in [3.63, 3.8) is 0 Å². The molecule has 2 unspecified atom stereocenters. The maximum Gasteiger partial charge on any atom is 0.418 e. The van der Waals surface area contributed by atoms with Crippen molar-refractivity contribution < 1.29 is 27.6 Å². The third kappa shape index (κ3) is 5.58. The molecule has 13 heteroatoms. The van der Waals surface area contributed by atoms with Crippen molar-refractivity contribution in [2.45, 2.75) is 62.0 Å². The molecule has 3 aliphatic heterocycles. The van der Waals surface area contributed by atoms with Crippen LogP contribution in [0.25, 0.3) is 0 Å². The number of carbonyl (C=O) groups is 3. The number of alkyl halides is 3. The van der Waals surface area contributed by atoms with Crippen LogP contribution in [0.2, 0.25) is 0 Å². The Labute approximate surface area is 266 Å². The molecule has 3 aromatic rings. The quantitative estimate of drug-likeness (QED) is 0.309. The Hall–Kier alpha value is -3.58. The first-order valence-electron chi connectivity index (χ1n) is 15.1. The average molecular weight is 659 g/mol. The largest absolute Gasteiger partial charge is 0.418 e. The predicted molar refractivity (Wildman–Crippen MR) is 168 cm³/mol. The number of rotatable bonds is 7. The van der Waals surface area contributed by atoms with Gasteiger partial charge in [-0.2, -0.15) is 13.2 Å². The molecule has 2 aromatic carbocycles. The molecular formula is C32H33F3N4O4S2. The van der Waals surface area contributed by atoms with Crippen molar-refractivity contribution in [1.29, 1.82) is 0 Å². The van der Waals surface area contributed by atoms with Gasteiger partial charge >= 0.3 is 11.0 Å². The number of hydrogen-bond donors (Lipinski definition) is 0. The molecule has 8 nitrogen and oxygen atoms in total. The second kappa shape index (κ2) is 12.3. The number of para-hydroxylation sites is 1. The van der Waals surface area contributed by atoms with Gasteiger partial charge in [-0.15, -0.1) is 0 Å². The summed E-state index contributed by atoms with van der Waals surface area (Å²) < 4.78 is 43.5. The topological polar surface area (TPSA) is 82.9 Å². The average Bonchev–Trinajstić information content (AvgIpc) is 3.48. The fourth-order valence-electron chi connectivity index (χ4n) is 6.62. The number of piperidine rings is 1. The van der Waals surface area contributed by atoms with E-state index in [1.54, 1.807) is 4.90 Å². The van der Waals surface area contributed by atoms with Crippen LogP contribution in [-0.4, -0.2) is 58.6 Å². The SMILES string of the molecule is CCN(CC)c1ccc([C@H]2c3sc(=O)n(CC(=O)N4CCCCC4)c3SC3C(=O)N(c4ccccc4C(F)(F)F)C(=O)C32)cc1. The van der Waals surface area contributed by atoms with Crippen LogP contribution in [0.15, 0.2) is 58.4 Å². The van der Waals surface area contributed by atoms with Gasteiger partial charge in [-0.05, 0) is 62.9 Å². The van der Waals surface area contributed by atoms with Crippen LogP contribution < -0.4 is 14.7 Å². The number of hydrogen-bond acceptors (Lipinski definition) is 7. The van der Waals surface area contributed by atoms with E-state index in [0.29, 0.717) is 33.5 Å². The molecule has 3 amide bonds. The monoisotopic (exact) mass is 658 g/mol. The van der Waals surface area contributed by atoms with Crippen LogP contribution in [0.3, 0.4) is 0 Å². The molecule has 6 rings (SSSR count). The van der Waals surface area contributed by atoms with Gasteiger partial charge in [0.2, 0.25) is 17.7 Å². The van der Waals surface area contributed by atoms with Crippen molar-refractivity contribution >= 4 is 52.2 Å². The lowest BCUT2D eigenvalue weighted by atomic mass is 9.83. The second-order valence-electron chi connectivity index (χ2n) is 11.4. The maximum atomic E-state index is 14.1. The van der Waals surface area contributed by atoms with Gasteiger partial charge in [0.1, 0.15) is 11.8 Å². The first-order chi connectivity index (χ1) is 21.5. The van der Waals surface area contributed by atoms with Crippen molar-refractivity contribution in [2.75, 3.05) is 36.0 Å². The Bertz CT molecular complexity index is 1680. The summed E-state index contributed by atoms with van der Waals surface area (Å²) in [5, 5.41) is -0.661. The van der Waals surface area contributed by atoms with Crippen LogP contribution in [0, 0.1) is 5.92 Å². The molecule has 4 heterocycles. The Morgan fingerprint density at radius 1 is 0.933 bits per heavy atom. The molecule has 2 saturated heterocycles. The van der Waals surface area contributed by atoms with E-state index in [1.165, 1.54) is 16.7 Å². The molecule has 0 radical (unpaired) electrons. The molecule has 45 heavy (non-hydrogen) atoms. The molecule has 1 aromatic heterocycles. The van der Waals surface area contributed by atoms with Gasteiger partial charge in [-0.3, -0.25) is 23.7 Å². The van der Waals surface area contributed by atoms with Gasteiger partial charge in [-0.1, -0.05) is 47.4 Å². The number of aromatic nitrogens is 1. The Balaban J connectivity index is 1.45. The third-order valence-corrected chi connectivity index (χ3v) is 11.5. The zero-order valence-electron chi connectivity index (χ0n) is 24.9. The molecule has 2 fully saturated rings. The first kappa shape index (κ1) is 31.4. The van der Waals surface area contributed by atoms with E-state index in [9.17, 15) is 32.3 Å². The number of thioether (sulfide) groups is 1. The lowest BCUT2D eigenvalue weighted by Crippen LogP contribution is -2.39. The van der Waals surface area contributed by atoms with Crippen LogP contribution in [-0.2, 0) is 27.1 Å². The summed E-state index contributed by atoms with van der Waals surface area (Å²) in [6.45, 7) is 6.65. The van der Waals surface area contributed by atoms with Crippen LogP contribution >= 0.6 is 23.1 Å². The van der Waals surface area contributed by atoms with E-state index in [1.807, 2.05) is 38.1 Å². The second-order valence-corrected chi connectivity index (χ2v) is 13.5. The summed E-state index contributed by atoms with van der Waals surface area (Å²) in [6, 6.07) is 12.1. The van der Waals surface area contributed by atoms with Gasteiger partial charge in [0.15, 0.2) is 0 Å². The van der Waals surface area contributed by atoms with E-state index in [-0.39, 0.29) is 17.3 Å². The summed E-state index contributed by atoms with van der Waals surface area (Å²) in [5.41, 5.74) is 0.0457. The predicted octanol–water partition coefficient (Wildman–Crippen LogP) is 5.58. The van der Waals surface area contributed by atoms with E-state index >= 15 is 0 Å². The van der Waals surface area contributed by atoms with Gasteiger partial charge < -0.3 is 9.80 Å². The minimum Gasteiger partial charge on any atom is -0.372 e. The van der Waals surface area contributed by atoms with E-state index in [4.69, 9.17) is 0 Å². The lowest BCUT2D eigenvalue weighted by molar-refractivity contribution is -0.137. The number of amides is 3. The van der Waals surface area contributed by atoms with Gasteiger partial charge in [0, 0.05) is 42.7 Å². The third-order valence-electron chi connectivity index (χ3n) is 8.88. The number of imide groups is 1. The van der Waals surface area contributed by atoms with Gasteiger partial charge in [0.05, 0.1) is 22.2 Å². The summed E-state index contributed by atoms with van der Waals surface area (Å²) in [7, 11) is 0. The summed E-state index contributed by atoms with van der Waals surface area (Å²) >= 11 is 1.93. The molecular weight excluding hydrogens is 626 g/mol. The maximum absolute atomic E-state index is 14.1. The smallest absolute Gasteiger partial charge is 0.372 e. The number of halogens is 3.